The zero-order chi connectivity index (χ0) is 18.9. The van der Waals surface area contributed by atoms with Crippen LogP contribution in [0.3, 0.4) is 0 Å². The largest absolute Gasteiger partial charge is 0.372 e. The van der Waals surface area contributed by atoms with Crippen molar-refractivity contribution in [2.45, 2.75) is 25.3 Å². The lowest BCUT2D eigenvalue weighted by Crippen LogP contribution is -2.33. The van der Waals surface area contributed by atoms with Crippen molar-refractivity contribution in [3.8, 4) is 0 Å². The Bertz CT molecular complexity index is 895. The van der Waals surface area contributed by atoms with Crippen molar-refractivity contribution in [1.82, 2.24) is 9.97 Å². The molecule has 2 fully saturated rings. The van der Waals surface area contributed by atoms with Crippen molar-refractivity contribution in [2.24, 2.45) is 0 Å². The molecule has 3 heterocycles. The van der Waals surface area contributed by atoms with Crippen molar-refractivity contribution in [3.63, 3.8) is 0 Å². The van der Waals surface area contributed by atoms with E-state index >= 15 is 0 Å². The normalized spacial score (nSPS) is 21.4. The molecule has 0 bridgehead atoms. The highest BCUT2D eigenvalue weighted by molar-refractivity contribution is 7.91. The quantitative estimate of drug-likeness (QED) is 0.844. The molecule has 0 spiro atoms. The maximum absolute atomic E-state index is 11.7. The van der Waals surface area contributed by atoms with Gasteiger partial charge in [0.15, 0.2) is 9.84 Å². The van der Waals surface area contributed by atoms with Crippen LogP contribution in [-0.4, -0.2) is 56.1 Å². The molecule has 2 aliphatic heterocycles. The SMILES string of the molecule is CN(c1nccc(Nc2ccc(N3CCCC3)cc2)n1)C1CCS(=O)(=O)C1. The van der Waals surface area contributed by atoms with Crippen molar-refractivity contribution in [2.75, 3.05) is 46.8 Å². The van der Waals surface area contributed by atoms with Gasteiger partial charge < -0.3 is 15.1 Å². The number of aromatic nitrogens is 2. The van der Waals surface area contributed by atoms with Gasteiger partial charge in [0, 0.05) is 43.8 Å². The van der Waals surface area contributed by atoms with E-state index in [1.54, 1.807) is 6.20 Å². The highest BCUT2D eigenvalue weighted by Gasteiger charge is 2.31. The van der Waals surface area contributed by atoms with Gasteiger partial charge in [-0.05, 0) is 49.6 Å². The van der Waals surface area contributed by atoms with Gasteiger partial charge in [0.05, 0.1) is 11.5 Å². The summed E-state index contributed by atoms with van der Waals surface area (Å²) in [5.74, 6) is 1.64. The van der Waals surface area contributed by atoms with E-state index in [0.717, 1.165) is 18.8 Å². The van der Waals surface area contributed by atoms with E-state index < -0.39 is 9.84 Å². The Kier molecular flexibility index (Phi) is 4.90. The zero-order valence-corrected chi connectivity index (χ0v) is 16.3. The van der Waals surface area contributed by atoms with Gasteiger partial charge in [-0.2, -0.15) is 4.98 Å². The molecule has 1 unspecified atom stereocenters. The summed E-state index contributed by atoms with van der Waals surface area (Å²) in [7, 11) is -1.08. The molecule has 27 heavy (non-hydrogen) atoms. The van der Waals surface area contributed by atoms with Crippen molar-refractivity contribution in [3.05, 3.63) is 36.5 Å². The molecule has 4 rings (SSSR count). The minimum absolute atomic E-state index is 0.0648. The molecule has 8 heteroatoms. The Labute approximate surface area is 160 Å². The molecular formula is C19H25N5O2S. The van der Waals surface area contributed by atoms with Crippen molar-refractivity contribution < 1.29 is 8.42 Å². The summed E-state index contributed by atoms with van der Waals surface area (Å²) in [5, 5.41) is 3.31. The first-order valence-electron chi connectivity index (χ1n) is 9.38. The zero-order valence-electron chi connectivity index (χ0n) is 15.5. The molecule has 1 aromatic heterocycles. The average Bonchev–Trinajstić information content (AvgIpc) is 3.32. The number of anilines is 4. The Balaban J connectivity index is 1.44. The Morgan fingerprint density at radius 1 is 1.15 bits per heavy atom. The summed E-state index contributed by atoms with van der Waals surface area (Å²) in [6.45, 7) is 2.26. The van der Waals surface area contributed by atoms with Crippen LogP contribution in [0.1, 0.15) is 19.3 Å². The third-order valence-electron chi connectivity index (χ3n) is 5.33. The first kappa shape index (κ1) is 18.0. The second-order valence-electron chi connectivity index (χ2n) is 7.28. The number of benzene rings is 1. The summed E-state index contributed by atoms with van der Waals surface area (Å²) >= 11 is 0. The molecule has 1 N–H and O–H groups in total. The van der Waals surface area contributed by atoms with Gasteiger partial charge >= 0.3 is 0 Å². The van der Waals surface area contributed by atoms with Crippen LogP contribution >= 0.6 is 0 Å². The predicted molar refractivity (Wildman–Crippen MR) is 109 cm³/mol. The Morgan fingerprint density at radius 2 is 1.89 bits per heavy atom. The highest BCUT2D eigenvalue weighted by atomic mass is 32.2. The lowest BCUT2D eigenvalue weighted by Gasteiger charge is -2.23. The first-order valence-corrected chi connectivity index (χ1v) is 11.2. The second-order valence-corrected chi connectivity index (χ2v) is 9.50. The monoisotopic (exact) mass is 387 g/mol. The van der Waals surface area contributed by atoms with E-state index in [1.165, 1.54) is 18.5 Å². The third kappa shape index (κ3) is 4.16. The molecule has 0 saturated carbocycles. The Hall–Kier alpha value is -2.35. The standard InChI is InChI=1S/C19H25N5O2S/c1-23(17-9-13-27(25,26)14-17)19-20-10-8-18(22-19)21-15-4-6-16(7-5-15)24-11-2-3-12-24/h4-8,10,17H,2-3,9,11-14H2,1H3,(H,20,21,22). The van der Waals surface area contributed by atoms with Crippen LogP contribution in [-0.2, 0) is 9.84 Å². The molecule has 2 aromatic rings. The van der Waals surface area contributed by atoms with Gasteiger partial charge in [0.25, 0.3) is 0 Å². The summed E-state index contributed by atoms with van der Waals surface area (Å²) < 4.78 is 23.4. The minimum atomic E-state index is -2.94. The fourth-order valence-electron chi connectivity index (χ4n) is 3.71. The molecule has 7 nitrogen and oxygen atoms in total. The molecule has 0 aliphatic carbocycles. The topological polar surface area (TPSA) is 78.4 Å². The number of hydrogen-bond acceptors (Lipinski definition) is 7. The second kappa shape index (κ2) is 7.34. The summed E-state index contributed by atoms with van der Waals surface area (Å²) in [6.07, 6.45) is 4.85. The molecular weight excluding hydrogens is 362 g/mol. The Morgan fingerprint density at radius 3 is 2.56 bits per heavy atom. The van der Waals surface area contributed by atoms with Crippen LogP contribution in [0.25, 0.3) is 0 Å². The molecule has 144 valence electrons. The maximum Gasteiger partial charge on any atom is 0.227 e. The molecule has 2 saturated heterocycles. The molecule has 0 amide bonds. The van der Waals surface area contributed by atoms with E-state index in [-0.39, 0.29) is 17.5 Å². The summed E-state index contributed by atoms with van der Waals surface area (Å²) in [4.78, 5) is 13.1. The highest BCUT2D eigenvalue weighted by Crippen LogP contribution is 2.25. The minimum Gasteiger partial charge on any atom is -0.372 e. The average molecular weight is 388 g/mol. The lowest BCUT2D eigenvalue weighted by atomic mass is 10.2. The number of nitrogens with zero attached hydrogens (tertiary/aromatic N) is 4. The van der Waals surface area contributed by atoms with Crippen LogP contribution < -0.4 is 15.1 Å². The number of sulfone groups is 1. The van der Waals surface area contributed by atoms with Crippen LogP contribution in [0, 0.1) is 0 Å². The van der Waals surface area contributed by atoms with Gasteiger partial charge in [-0.3, -0.25) is 0 Å². The lowest BCUT2D eigenvalue weighted by molar-refractivity contribution is 0.600. The number of hydrogen-bond donors (Lipinski definition) is 1. The molecule has 1 aromatic carbocycles. The smallest absolute Gasteiger partial charge is 0.227 e. The fourth-order valence-corrected chi connectivity index (χ4v) is 5.49. The van der Waals surface area contributed by atoms with Gasteiger partial charge in [-0.25, -0.2) is 13.4 Å². The van der Waals surface area contributed by atoms with Gasteiger partial charge in [0.1, 0.15) is 5.82 Å². The van der Waals surface area contributed by atoms with Crippen molar-refractivity contribution >= 4 is 33.0 Å². The van der Waals surface area contributed by atoms with Gasteiger partial charge in [-0.15, -0.1) is 0 Å². The number of rotatable bonds is 5. The number of nitrogens with one attached hydrogen (secondary N) is 1. The molecule has 1 atom stereocenters. The predicted octanol–water partition coefficient (Wildman–Crippen LogP) is 2.44. The third-order valence-corrected chi connectivity index (χ3v) is 7.08. The van der Waals surface area contributed by atoms with Crippen molar-refractivity contribution in [1.29, 1.82) is 0 Å². The van der Waals surface area contributed by atoms with Crippen LogP contribution in [0.5, 0.6) is 0 Å². The summed E-state index contributed by atoms with van der Waals surface area (Å²) in [5.41, 5.74) is 2.22. The van der Waals surface area contributed by atoms with Crippen LogP contribution in [0.4, 0.5) is 23.1 Å². The maximum atomic E-state index is 11.7. The van der Waals surface area contributed by atoms with Gasteiger partial charge in [-0.1, -0.05) is 0 Å². The molecule has 0 radical (unpaired) electrons. The van der Waals surface area contributed by atoms with E-state index in [9.17, 15) is 8.42 Å². The van der Waals surface area contributed by atoms with E-state index in [4.69, 9.17) is 0 Å². The fraction of sp³-hybridized carbons (Fsp3) is 0.474. The van der Waals surface area contributed by atoms with Gasteiger partial charge in [0.2, 0.25) is 5.95 Å². The summed E-state index contributed by atoms with van der Waals surface area (Å²) in [6, 6.07) is 10.1. The van der Waals surface area contributed by atoms with E-state index in [1.807, 2.05) is 18.0 Å². The van der Waals surface area contributed by atoms with E-state index in [0.29, 0.717) is 18.2 Å². The van der Waals surface area contributed by atoms with Crippen LogP contribution in [0.2, 0.25) is 0 Å². The van der Waals surface area contributed by atoms with Crippen LogP contribution in [0.15, 0.2) is 36.5 Å². The molecule has 2 aliphatic rings. The first-order chi connectivity index (χ1) is 13.0. The van der Waals surface area contributed by atoms with E-state index in [2.05, 4.69) is 44.5 Å².